The van der Waals surface area contributed by atoms with E-state index in [9.17, 15) is 0 Å². The third kappa shape index (κ3) is 2.64. The van der Waals surface area contributed by atoms with E-state index < -0.39 is 0 Å². The van der Waals surface area contributed by atoms with E-state index in [0.717, 1.165) is 24.2 Å². The maximum absolute atomic E-state index is 5.98. The predicted molar refractivity (Wildman–Crippen MR) is 72.6 cm³/mol. The van der Waals surface area contributed by atoms with Gasteiger partial charge in [-0.15, -0.1) is 0 Å². The standard InChI is InChI=1S/C14H17ClN2/c15-12-2-5-14-11(10-12)6-9-17(14)8-1-7-16-13-3-4-13/h2,5-6,9-10,13,16H,1,3-4,7-8H2. The zero-order chi connectivity index (χ0) is 11.7. The van der Waals surface area contributed by atoms with Crippen LogP contribution >= 0.6 is 11.6 Å². The van der Waals surface area contributed by atoms with Crippen molar-refractivity contribution in [1.29, 1.82) is 0 Å². The fourth-order valence-electron chi connectivity index (χ4n) is 2.21. The van der Waals surface area contributed by atoms with Crippen LogP contribution in [0, 0.1) is 0 Å². The molecule has 90 valence electrons. The first kappa shape index (κ1) is 11.1. The molecule has 2 aromatic rings. The molecule has 0 bridgehead atoms. The van der Waals surface area contributed by atoms with Crippen LogP contribution in [0.2, 0.25) is 5.02 Å². The van der Waals surface area contributed by atoms with Crippen molar-refractivity contribution in [2.24, 2.45) is 0 Å². The van der Waals surface area contributed by atoms with Gasteiger partial charge in [-0.2, -0.15) is 0 Å². The number of aromatic nitrogens is 1. The van der Waals surface area contributed by atoms with E-state index in [0.29, 0.717) is 0 Å². The van der Waals surface area contributed by atoms with Crippen LogP contribution in [0.1, 0.15) is 19.3 Å². The summed E-state index contributed by atoms with van der Waals surface area (Å²) in [6.45, 7) is 2.20. The van der Waals surface area contributed by atoms with E-state index in [1.54, 1.807) is 0 Å². The summed E-state index contributed by atoms with van der Waals surface area (Å²) in [4.78, 5) is 0. The molecule has 2 nitrogen and oxygen atoms in total. The zero-order valence-electron chi connectivity index (χ0n) is 9.82. The molecule has 1 aliphatic rings. The minimum Gasteiger partial charge on any atom is -0.347 e. The average Bonchev–Trinajstić information content (AvgIpc) is 3.06. The lowest BCUT2D eigenvalue weighted by Crippen LogP contribution is -2.18. The maximum Gasteiger partial charge on any atom is 0.0481 e. The molecule has 0 spiro atoms. The lowest BCUT2D eigenvalue weighted by molar-refractivity contribution is 0.588. The molecule has 0 radical (unpaired) electrons. The highest BCUT2D eigenvalue weighted by atomic mass is 35.5. The van der Waals surface area contributed by atoms with Gasteiger partial charge < -0.3 is 9.88 Å². The summed E-state index contributed by atoms with van der Waals surface area (Å²) in [5.74, 6) is 0. The molecule has 1 aliphatic carbocycles. The van der Waals surface area contributed by atoms with Crippen LogP contribution in [0.4, 0.5) is 0 Å². The van der Waals surface area contributed by atoms with Crippen molar-refractivity contribution >= 4 is 22.5 Å². The van der Waals surface area contributed by atoms with E-state index in [-0.39, 0.29) is 0 Å². The Morgan fingerprint density at radius 1 is 1.29 bits per heavy atom. The summed E-state index contributed by atoms with van der Waals surface area (Å²) in [5.41, 5.74) is 1.28. The third-order valence-electron chi connectivity index (χ3n) is 3.32. The van der Waals surface area contributed by atoms with Crippen LogP contribution in [0.15, 0.2) is 30.5 Å². The van der Waals surface area contributed by atoms with Crippen LogP contribution < -0.4 is 5.32 Å². The number of rotatable bonds is 5. The molecule has 0 atom stereocenters. The Hall–Kier alpha value is -0.990. The Labute approximate surface area is 107 Å². The molecule has 1 N–H and O–H groups in total. The Morgan fingerprint density at radius 2 is 2.18 bits per heavy atom. The highest BCUT2D eigenvalue weighted by Crippen LogP contribution is 2.21. The van der Waals surface area contributed by atoms with Gasteiger partial charge in [0.1, 0.15) is 0 Å². The number of benzene rings is 1. The molecule has 1 fully saturated rings. The third-order valence-corrected chi connectivity index (χ3v) is 3.55. The topological polar surface area (TPSA) is 17.0 Å². The summed E-state index contributed by atoms with van der Waals surface area (Å²) in [6, 6.07) is 9.04. The van der Waals surface area contributed by atoms with Crippen molar-refractivity contribution in [3.8, 4) is 0 Å². The normalized spacial score (nSPS) is 15.6. The molecule has 1 heterocycles. The predicted octanol–water partition coefficient (Wildman–Crippen LogP) is 3.44. The molecular formula is C14H17ClN2. The summed E-state index contributed by atoms with van der Waals surface area (Å²) in [7, 11) is 0. The van der Waals surface area contributed by atoms with Gasteiger partial charge >= 0.3 is 0 Å². The van der Waals surface area contributed by atoms with Crippen molar-refractivity contribution < 1.29 is 0 Å². The van der Waals surface area contributed by atoms with Crippen molar-refractivity contribution in [2.75, 3.05) is 6.54 Å². The minimum absolute atomic E-state index is 0.811. The number of nitrogens with zero attached hydrogens (tertiary/aromatic N) is 1. The van der Waals surface area contributed by atoms with Gasteiger partial charge in [-0.1, -0.05) is 11.6 Å². The number of hydrogen-bond acceptors (Lipinski definition) is 1. The Balaban J connectivity index is 1.63. The van der Waals surface area contributed by atoms with Gasteiger partial charge in [-0.3, -0.25) is 0 Å². The number of hydrogen-bond donors (Lipinski definition) is 1. The molecule has 3 rings (SSSR count). The number of halogens is 1. The lowest BCUT2D eigenvalue weighted by atomic mass is 10.2. The van der Waals surface area contributed by atoms with Gasteiger partial charge in [-0.25, -0.2) is 0 Å². The molecule has 1 aromatic carbocycles. The van der Waals surface area contributed by atoms with Gasteiger partial charge in [0.15, 0.2) is 0 Å². The summed E-state index contributed by atoms with van der Waals surface area (Å²) >= 11 is 5.98. The molecule has 17 heavy (non-hydrogen) atoms. The van der Waals surface area contributed by atoms with E-state index in [4.69, 9.17) is 11.6 Å². The van der Waals surface area contributed by atoms with Gasteiger partial charge in [0.25, 0.3) is 0 Å². The lowest BCUT2D eigenvalue weighted by Gasteiger charge is -2.06. The second kappa shape index (κ2) is 4.71. The molecule has 0 saturated heterocycles. The first-order valence-electron chi connectivity index (χ1n) is 6.31. The Kier molecular flexibility index (Phi) is 3.08. The molecular weight excluding hydrogens is 232 g/mol. The average molecular weight is 249 g/mol. The van der Waals surface area contributed by atoms with Crippen LogP contribution in [0.3, 0.4) is 0 Å². The molecule has 1 aromatic heterocycles. The van der Waals surface area contributed by atoms with E-state index in [1.165, 1.54) is 30.2 Å². The van der Waals surface area contributed by atoms with Gasteiger partial charge in [0, 0.05) is 34.7 Å². The summed E-state index contributed by atoms with van der Waals surface area (Å²) in [6.07, 6.45) is 6.07. The molecule has 0 aliphatic heterocycles. The molecule has 3 heteroatoms. The largest absolute Gasteiger partial charge is 0.347 e. The van der Waals surface area contributed by atoms with Crippen LogP contribution in [-0.4, -0.2) is 17.2 Å². The van der Waals surface area contributed by atoms with Crippen LogP contribution in [0.25, 0.3) is 10.9 Å². The fourth-order valence-corrected chi connectivity index (χ4v) is 2.39. The van der Waals surface area contributed by atoms with Crippen LogP contribution in [0.5, 0.6) is 0 Å². The maximum atomic E-state index is 5.98. The van der Waals surface area contributed by atoms with Crippen molar-refractivity contribution in [3.63, 3.8) is 0 Å². The number of aryl methyl sites for hydroxylation is 1. The number of fused-ring (bicyclic) bond motifs is 1. The van der Waals surface area contributed by atoms with Gasteiger partial charge in [0.2, 0.25) is 0 Å². The van der Waals surface area contributed by atoms with Crippen LogP contribution in [-0.2, 0) is 6.54 Å². The highest BCUT2D eigenvalue weighted by Gasteiger charge is 2.19. The second-order valence-electron chi connectivity index (χ2n) is 4.79. The van der Waals surface area contributed by atoms with Crippen molar-refractivity contribution in [1.82, 2.24) is 9.88 Å². The first-order chi connectivity index (χ1) is 8.33. The smallest absolute Gasteiger partial charge is 0.0481 e. The van der Waals surface area contributed by atoms with Gasteiger partial charge in [-0.05, 0) is 50.1 Å². The fraction of sp³-hybridized carbons (Fsp3) is 0.429. The van der Waals surface area contributed by atoms with Gasteiger partial charge in [0.05, 0.1) is 0 Å². The SMILES string of the molecule is Clc1ccc2c(ccn2CCCNC2CC2)c1. The van der Waals surface area contributed by atoms with Crippen molar-refractivity contribution in [3.05, 3.63) is 35.5 Å². The van der Waals surface area contributed by atoms with Crippen molar-refractivity contribution in [2.45, 2.75) is 31.8 Å². The molecule has 0 unspecified atom stereocenters. The van der Waals surface area contributed by atoms with E-state index >= 15 is 0 Å². The summed E-state index contributed by atoms with van der Waals surface area (Å²) < 4.78 is 2.31. The zero-order valence-corrected chi connectivity index (χ0v) is 10.6. The number of nitrogens with one attached hydrogen (secondary N) is 1. The summed E-state index contributed by atoms with van der Waals surface area (Å²) in [5, 5.41) is 5.58. The van der Waals surface area contributed by atoms with E-state index in [1.807, 2.05) is 12.1 Å². The molecule has 1 saturated carbocycles. The Bertz CT molecular complexity index is 514. The Morgan fingerprint density at radius 3 is 3.00 bits per heavy atom. The molecule has 0 amide bonds. The quantitative estimate of drug-likeness (QED) is 0.803. The highest BCUT2D eigenvalue weighted by molar-refractivity contribution is 6.31. The second-order valence-corrected chi connectivity index (χ2v) is 5.23. The van der Waals surface area contributed by atoms with E-state index in [2.05, 4.69) is 28.2 Å². The monoisotopic (exact) mass is 248 g/mol. The minimum atomic E-state index is 0.811. The first-order valence-corrected chi connectivity index (χ1v) is 6.68.